The number of nitrogens with zero attached hydrogens (tertiary/aromatic N) is 1. The number of anilines is 1. The molecular formula is C8H5F3N2O2. The number of halogens is 3. The van der Waals surface area contributed by atoms with Crippen LogP contribution in [0.15, 0.2) is 12.3 Å². The molecule has 0 unspecified atom stereocenters. The van der Waals surface area contributed by atoms with Crippen LogP contribution >= 0.6 is 0 Å². The molecule has 1 heterocycles. The Morgan fingerprint density at radius 2 is 2.07 bits per heavy atom. The first-order chi connectivity index (χ1) is 6.88. The second-order valence-corrected chi connectivity index (χ2v) is 2.60. The number of carbonyl (C=O) groups is 2. The van der Waals surface area contributed by atoms with Gasteiger partial charge in [0.05, 0.1) is 11.3 Å². The van der Waals surface area contributed by atoms with E-state index in [1.165, 1.54) is 0 Å². The minimum absolute atomic E-state index is 0.183. The van der Waals surface area contributed by atoms with Gasteiger partial charge in [0.2, 0.25) is 0 Å². The Morgan fingerprint density at radius 3 is 2.53 bits per heavy atom. The van der Waals surface area contributed by atoms with Crippen molar-refractivity contribution >= 4 is 17.8 Å². The standard InChI is InChI=1S/C8H5F3N2O2/c9-8(10,11)7(15)4-1-2-13-5(3-14)6(4)12/h1-3H,12H2. The molecule has 0 aliphatic carbocycles. The summed E-state index contributed by atoms with van der Waals surface area (Å²) < 4.78 is 36.1. The number of alkyl halides is 3. The molecule has 0 spiro atoms. The number of nitrogens with two attached hydrogens (primary N) is 1. The van der Waals surface area contributed by atoms with Crippen LogP contribution in [-0.4, -0.2) is 23.2 Å². The van der Waals surface area contributed by atoms with E-state index < -0.39 is 23.2 Å². The van der Waals surface area contributed by atoms with Crippen LogP contribution in [0.5, 0.6) is 0 Å². The molecular weight excluding hydrogens is 213 g/mol. The molecule has 0 amide bonds. The van der Waals surface area contributed by atoms with Gasteiger partial charge in [-0.2, -0.15) is 13.2 Å². The zero-order valence-electron chi connectivity index (χ0n) is 7.21. The Labute approximate surface area is 81.9 Å². The van der Waals surface area contributed by atoms with Crippen LogP contribution in [-0.2, 0) is 0 Å². The topological polar surface area (TPSA) is 73.1 Å². The summed E-state index contributed by atoms with van der Waals surface area (Å²) in [6.07, 6.45) is -3.92. The molecule has 0 fully saturated rings. The van der Waals surface area contributed by atoms with Gasteiger partial charge in [-0.1, -0.05) is 0 Å². The number of nitrogen functional groups attached to an aromatic ring is 1. The lowest BCUT2D eigenvalue weighted by Gasteiger charge is -2.08. The SMILES string of the molecule is Nc1c(C(=O)C(F)(F)F)ccnc1C=O. The van der Waals surface area contributed by atoms with Crippen molar-refractivity contribution in [3.63, 3.8) is 0 Å². The number of hydrogen-bond acceptors (Lipinski definition) is 4. The molecule has 0 aromatic carbocycles. The predicted octanol–water partition coefficient (Wildman–Crippen LogP) is 1.22. The third kappa shape index (κ3) is 2.12. The van der Waals surface area contributed by atoms with E-state index in [1.807, 2.05) is 0 Å². The van der Waals surface area contributed by atoms with Gasteiger partial charge in [-0.25, -0.2) is 0 Å². The maximum Gasteiger partial charge on any atom is 0.454 e. The molecule has 4 nitrogen and oxygen atoms in total. The van der Waals surface area contributed by atoms with E-state index in [9.17, 15) is 22.8 Å². The molecule has 1 aromatic heterocycles. The molecule has 0 bridgehead atoms. The maximum atomic E-state index is 12.0. The Balaban J connectivity index is 3.27. The smallest absolute Gasteiger partial charge is 0.396 e. The fraction of sp³-hybridized carbons (Fsp3) is 0.125. The quantitative estimate of drug-likeness (QED) is 0.598. The van der Waals surface area contributed by atoms with Gasteiger partial charge in [0, 0.05) is 6.20 Å². The van der Waals surface area contributed by atoms with Gasteiger partial charge in [0.25, 0.3) is 5.78 Å². The molecule has 7 heteroatoms. The lowest BCUT2D eigenvalue weighted by atomic mass is 10.1. The van der Waals surface area contributed by atoms with Gasteiger partial charge >= 0.3 is 6.18 Å². The van der Waals surface area contributed by atoms with E-state index >= 15 is 0 Å². The Morgan fingerprint density at radius 1 is 1.47 bits per heavy atom. The van der Waals surface area contributed by atoms with Crippen molar-refractivity contribution in [3.8, 4) is 0 Å². The van der Waals surface area contributed by atoms with Crippen molar-refractivity contribution in [2.45, 2.75) is 6.18 Å². The average Bonchev–Trinajstić information content (AvgIpc) is 2.16. The van der Waals surface area contributed by atoms with Crippen LogP contribution < -0.4 is 5.73 Å². The maximum absolute atomic E-state index is 12.0. The largest absolute Gasteiger partial charge is 0.454 e. The van der Waals surface area contributed by atoms with Gasteiger partial charge in [0.15, 0.2) is 6.29 Å². The summed E-state index contributed by atoms with van der Waals surface area (Å²) in [5, 5.41) is 0. The summed E-state index contributed by atoms with van der Waals surface area (Å²) in [5.41, 5.74) is 3.47. The summed E-state index contributed by atoms with van der Waals surface area (Å²) in [5.74, 6) is -2.09. The second kappa shape index (κ2) is 3.68. The van der Waals surface area contributed by atoms with Gasteiger partial charge in [0.1, 0.15) is 5.69 Å². The zero-order chi connectivity index (χ0) is 11.6. The molecule has 0 atom stereocenters. The van der Waals surface area contributed by atoms with Gasteiger partial charge in [-0.15, -0.1) is 0 Å². The molecule has 15 heavy (non-hydrogen) atoms. The molecule has 0 saturated carbocycles. The van der Waals surface area contributed by atoms with Gasteiger partial charge in [-0.05, 0) is 6.07 Å². The fourth-order valence-electron chi connectivity index (χ4n) is 0.934. The summed E-state index contributed by atoms with van der Waals surface area (Å²) in [6, 6.07) is 0.818. The number of Topliss-reactive ketones (excluding diaryl/α,β-unsaturated/α-hetero) is 1. The Hall–Kier alpha value is -1.92. The summed E-state index contributed by atoms with van der Waals surface area (Å²) >= 11 is 0. The lowest BCUT2D eigenvalue weighted by molar-refractivity contribution is -0.0884. The highest BCUT2D eigenvalue weighted by Gasteiger charge is 2.40. The summed E-state index contributed by atoms with van der Waals surface area (Å²) in [4.78, 5) is 24.5. The van der Waals surface area contributed by atoms with E-state index in [-0.39, 0.29) is 12.0 Å². The second-order valence-electron chi connectivity index (χ2n) is 2.60. The molecule has 0 aliphatic rings. The number of pyridine rings is 1. The van der Waals surface area contributed by atoms with E-state index in [0.717, 1.165) is 12.3 Å². The molecule has 1 rings (SSSR count). The van der Waals surface area contributed by atoms with Crippen molar-refractivity contribution in [3.05, 3.63) is 23.5 Å². The molecule has 2 N–H and O–H groups in total. The first-order valence-electron chi connectivity index (χ1n) is 3.69. The number of aldehydes is 1. The minimum Gasteiger partial charge on any atom is -0.396 e. The van der Waals surface area contributed by atoms with Crippen LogP contribution in [0.25, 0.3) is 0 Å². The monoisotopic (exact) mass is 218 g/mol. The molecule has 0 saturated heterocycles. The van der Waals surface area contributed by atoms with Crippen LogP contribution in [0.4, 0.5) is 18.9 Å². The normalized spacial score (nSPS) is 11.1. The third-order valence-corrected chi connectivity index (χ3v) is 1.63. The van der Waals surface area contributed by atoms with E-state index in [1.54, 1.807) is 0 Å². The van der Waals surface area contributed by atoms with Crippen molar-refractivity contribution in [1.29, 1.82) is 0 Å². The fourth-order valence-corrected chi connectivity index (χ4v) is 0.934. The highest BCUT2D eigenvalue weighted by molar-refractivity contribution is 6.06. The van der Waals surface area contributed by atoms with Gasteiger partial charge < -0.3 is 5.73 Å². The van der Waals surface area contributed by atoms with Crippen LogP contribution in [0.2, 0.25) is 0 Å². The van der Waals surface area contributed by atoms with Crippen molar-refractivity contribution in [2.24, 2.45) is 0 Å². The van der Waals surface area contributed by atoms with Crippen molar-refractivity contribution in [2.75, 3.05) is 5.73 Å². The summed E-state index contributed by atoms with van der Waals surface area (Å²) in [6.45, 7) is 0. The van der Waals surface area contributed by atoms with Crippen LogP contribution in [0.1, 0.15) is 20.8 Å². The Bertz CT molecular complexity index is 415. The number of carbonyl (C=O) groups excluding carboxylic acids is 2. The minimum atomic E-state index is -5.02. The number of aromatic nitrogens is 1. The lowest BCUT2D eigenvalue weighted by Crippen LogP contribution is -2.24. The first kappa shape index (κ1) is 11.2. The average molecular weight is 218 g/mol. The van der Waals surface area contributed by atoms with Gasteiger partial charge in [-0.3, -0.25) is 14.6 Å². The Kier molecular flexibility index (Phi) is 2.74. The number of hydrogen-bond donors (Lipinski definition) is 1. The molecule has 0 aliphatic heterocycles. The highest BCUT2D eigenvalue weighted by Crippen LogP contribution is 2.25. The van der Waals surface area contributed by atoms with E-state index in [4.69, 9.17) is 5.73 Å². The summed E-state index contributed by atoms with van der Waals surface area (Å²) in [7, 11) is 0. The van der Waals surface area contributed by atoms with Crippen molar-refractivity contribution in [1.82, 2.24) is 4.98 Å². The molecule has 0 radical (unpaired) electrons. The van der Waals surface area contributed by atoms with E-state index in [0.29, 0.717) is 0 Å². The third-order valence-electron chi connectivity index (χ3n) is 1.63. The van der Waals surface area contributed by atoms with Crippen LogP contribution in [0, 0.1) is 0 Å². The molecule has 1 aromatic rings. The first-order valence-corrected chi connectivity index (χ1v) is 3.69. The molecule has 80 valence electrons. The predicted molar refractivity (Wildman–Crippen MR) is 44.4 cm³/mol. The van der Waals surface area contributed by atoms with E-state index in [2.05, 4.69) is 4.98 Å². The van der Waals surface area contributed by atoms with Crippen LogP contribution in [0.3, 0.4) is 0 Å². The number of ketones is 1. The zero-order valence-corrected chi connectivity index (χ0v) is 7.21. The number of rotatable bonds is 2. The van der Waals surface area contributed by atoms with Crippen molar-refractivity contribution < 1.29 is 22.8 Å². The highest BCUT2D eigenvalue weighted by atomic mass is 19.4.